The second kappa shape index (κ2) is 6.51. The lowest BCUT2D eigenvalue weighted by Gasteiger charge is -2.20. The summed E-state index contributed by atoms with van der Waals surface area (Å²) in [4.78, 5) is 0. The number of nitrogens with one attached hydrogen (secondary N) is 1. The zero-order chi connectivity index (χ0) is 13.8. The third kappa shape index (κ3) is 3.56. The van der Waals surface area contributed by atoms with Crippen LogP contribution in [0, 0.1) is 5.82 Å². The van der Waals surface area contributed by atoms with Gasteiger partial charge in [-0.05, 0) is 42.4 Å². The molecule has 0 saturated carbocycles. The Kier molecular flexibility index (Phi) is 4.97. The Morgan fingerprint density at radius 1 is 1.21 bits per heavy atom. The highest BCUT2D eigenvalue weighted by Crippen LogP contribution is 2.27. The number of rotatable bonds is 4. The maximum Gasteiger partial charge on any atom is 0.128 e. The van der Waals surface area contributed by atoms with Gasteiger partial charge in [0, 0.05) is 15.1 Å². The first-order chi connectivity index (χ1) is 9.11. The topological polar surface area (TPSA) is 12.0 Å². The predicted molar refractivity (Wildman–Crippen MR) is 81.1 cm³/mol. The summed E-state index contributed by atoms with van der Waals surface area (Å²) in [6, 6.07) is 12.3. The van der Waals surface area contributed by atoms with Crippen molar-refractivity contribution in [1.82, 2.24) is 5.32 Å². The van der Waals surface area contributed by atoms with Gasteiger partial charge < -0.3 is 5.32 Å². The molecule has 2 rings (SSSR count). The van der Waals surface area contributed by atoms with Crippen LogP contribution in [0.3, 0.4) is 0 Å². The molecule has 100 valence electrons. The lowest BCUT2D eigenvalue weighted by molar-refractivity contribution is 0.558. The van der Waals surface area contributed by atoms with Crippen LogP contribution in [-0.4, -0.2) is 6.54 Å². The maximum atomic E-state index is 14.0. The van der Waals surface area contributed by atoms with Crippen molar-refractivity contribution in [3.8, 4) is 0 Å². The average Bonchev–Trinajstić information content (AvgIpc) is 2.40. The molecule has 0 bridgehead atoms. The minimum Gasteiger partial charge on any atom is -0.306 e. The lowest BCUT2D eigenvalue weighted by atomic mass is 9.98. The molecule has 0 amide bonds. The predicted octanol–water partition coefficient (Wildman–Crippen LogP) is 4.94. The molecule has 0 saturated heterocycles. The Morgan fingerprint density at radius 3 is 2.53 bits per heavy atom. The minimum atomic E-state index is -0.218. The molecule has 0 heterocycles. The van der Waals surface area contributed by atoms with Gasteiger partial charge in [-0.15, -0.1) is 0 Å². The van der Waals surface area contributed by atoms with Gasteiger partial charge in [0.1, 0.15) is 5.82 Å². The minimum absolute atomic E-state index is 0.181. The third-order valence-electron chi connectivity index (χ3n) is 2.88. The van der Waals surface area contributed by atoms with Crippen molar-refractivity contribution in [3.05, 3.63) is 68.9 Å². The SMILES string of the molecule is CCNC(c1ccc(Cl)cc1)c1cc(Br)ccc1F. The van der Waals surface area contributed by atoms with Crippen LogP contribution in [0.2, 0.25) is 5.02 Å². The van der Waals surface area contributed by atoms with Crippen molar-refractivity contribution in [3.63, 3.8) is 0 Å². The number of hydrogen-bond donors (Lipinski definition) is 1. The number of halogens is 3. The van der Waals surface area contributed by atoms with Crippen molar-refractivity contribution in [2.45, 2.75) is 13.0 Å². The van der Waals surface area contributed by atoms with Crippen LogP contribution in [0.15, 0.2) is 46.9 Å². The van der Waals surface area contributed by atoms with Gasteiger partial charge in [-0.1, -0.05) is 46.6 Å². The van der Waals surface area contributed by atoms with E-state index >= 15 is 0 Å². The molecule has 1 N–H and O–H groups in total. The van der Waals surface area contributed by atoms with E-state index in [1.54, 1.807) is 12.1 Å². The summed E-state index contributed by atoms with van der Waals surface area (Å²) in [5.74, 6) is -0.218. The summed E-state index contributed by atoms with van der Waals surface area (Å²) < 4.78 is 14.9. The van der Waals surface area contributed by atoms with Gasteiger partial charge in [0.05, 0.1) is 6.04 Å². The van der Waals surface area contributed by atoms with E-state index in [9.17, 15) is 4.39 Å². The first-order valence-corrected chi connectivity index (χ1v) is 7.22. The van der Waals surface area contributed by atoms with Gasteiger partial charge in [-0.25, -0.2) is 4.39 Å². The van der Waals surface area contributed by atoms with Crippen LogP contribution in [0.4, 0.5) is 4.39 Å². The molecule has 0 fully saturated rings. The van der Waals surface area contributed by atoms with Gasteiger partial charge >= 0.3 is 0 Å². The molecule has 0 aliphatic heterocycles. The first kappa shape index (κ1) is 14.5. The normalized spacial score (nSPS) is 12.4. The lowest BCUT2D eigenvalue weighted by Crippen LogP contribution is -2.23. The van der Waals surface area contributed by atoms with Crippen molar-refractivity contribution < 1.29 is 4.39 Å². The quantitative estimate of drug-likeness (QED) is 0.830. The van der Waals surface area contributed by atoms with E-state index in [0.717, 1.165) is 16.6 Å². The van der Waals surface area contributed by atoms with Crippen molar-refractivity contribution in [2.24, 2.45) is 0 Å². The highest BCUT2D eigenvalue weighted by Gasteiger charge is 2.17. The number of hydrogen-bond acceptors (Lipinski definition) is 1. The van der Waals surface area contributed by atoms with Crippen molar-refractivity contribution >= 4 is 27.5 Å². The molecule has 4 heteroatoms. The second-order valence-electron chi connectivity index (χ2n) is 4.21. The molecule has 0 spiro atoms. The molecular formula is C15H14BrClFN. The largest absolute Gasteiger partial charge is 0.306 e. The monoisotopic (exact) mass is 341 g/mol. The Labute approximate surface area is 125 Å². The summed E-state index contributed by atoms with van der Waals surface area (Å²) in [5.41, 5.74) is 1.61. The van der Waals surface area contributed by atoms with Gasteiger partial charge in [-0.2, -0.15) is 0 Å². The van der Waals surface area contributed by atoms with E-state index in [4.69, 9.17) is 11.6 Å². The van der Waals surface area contributed by atoms with Gasteiger partial charge in [0.2, 0.25) is 0 Å². The summed E-state index contributed by atoms with van der Waals surface area (Å²) >= 11 is 9.28. The molecule has 0 aliphatic carbocycles. The van der Waals surface area contributed by atoms with Gasteiger partial charge in [-0.3, -0.25) is 0 Å². The molecule has 0 aliphatic rings. The third-order valence-corrected chi connectivity index (χ3v) is 3.63. The Hall–Kier alpha value is -0.900. The van der Waals surface area contributed by atoms with Gasteiger partial charge in [0.15, 0.2) is 0 Å². The van der Waals surface area contributed by atoms with Crippen LogP contribution in [0.1, 0.15) is 24.1 Å². The van der Waals surface area contributed by atoms with E-state index in [1.807, 2.05) is 31.2 Å². The second-order valence-corrected chi connectivity index (χ2v) is 5.56. The maximum absolute atomic E-state index is 14.0. The Morgan fingerprint density at radius 2 is 1.89 bits per heavy atom. The summed E-state index contributed by atoms with van der Waals surface area (Å²) in [7, 11) is 0. The summed E-state index contributed by atoms with van der Waals surface area (Å²) in [5, 5.41) is 3.97. The van der Waals surface area contributed by atoms with E-state index in [-0.39, 0.29) is 11.9 Å². The molecular weight excluding hydrogens is 329 g/mol. The molecule has 19 heavy (non-hydrogen) atoms. The molecule has 1 unspecified atom stereocenters. The fraction of sp³-hybridized carbons (Fsp3) is 0.200. The number of benzene rings is 2. The smallest absolute Gasteiger partial charge is 0.128 e. The fourth-order valence-electron chi connectivity index (χ4n) is 2.00. The van der Waals surface area contributed by atoms with Crippen molar-refractivity contribution in [1.29, 1.82) is 0 Å². The molecule has 2 aromatic carbocycles. The van der Waals surface area contributed by atoms with E-state index < -0.39 is 0 Å². The highest BCUT2D eigenvalue weighted by molar-refractivity contribution is 9.10. The van der Waals surface area contributed by atoms with E-state index in [2.05, 4.69) is 21.2 Å². The Balaban J connectivity index is 2.44. The zero-order valence-corrected chi connectivity index (χ0v) is 12.8. The van der Waals surface area contributed by atoms with E-state index in [0.29, 0.717) is 10.6 Å². The van der Waals surface area contributed by atoms with Crippen LogP contribution in [-0.2, 0) is 0 Å². The molecule has 0 aromatic heterocycles. The summed E-state index contributed by atoms with van der Waals surface area (Å²) in [6.07, 6.45) is 0. The standard InChI is InChI=1S/C15H14BrClFN/c1-2-19-15(10-3-6-12(17)7-4-10)13-9-11(16)5-8-14(13)18/h3-9,15,19H,2H2,1H3. The van der Waals surface area contributed by atoms with Crippen LogP contribution in [0.25, 0.3) is 0 Å². The molecule has 1 nitrogen and oxygen atoms in total. The van der Waals surface area contributed by atoms with E-state index in [1.165, 1.54) is 6.07 Å². The van der Waals surface area contributed by atoms with Crippen LogP contribution < -0.4 is 5.32 Å². The molecule has 2 aromatic rings. The first-order valence-electron chi connectivity index (χ1n) is 6.05. The van der Waals surface area contributed by atoms with Gasteiger partial charge in [0.25, 0.3) is 0 Å². The average molecular weight is 343 g/mol. The Bertz CT molecular complexity index is 557. The zero-order valence-electron chi connectivity index (χ0n) is 10.5. The van der Waals surface area contributed by atoms with Crippen LogP contribution in [0.5, 0.6) is 0 Å². The highest BCUT2D eigenvalue weighted by atomic mass is 79.9. The fourth-order valence-corrected chi connectivity index (χ4v) is 2.51. The molecule has 1 atom stereocenters. The summed E-state index contributed by atoms with van der Waals surface area (Å²) in [6.45, 7) is 2.75. The van der Waals surface area contributed by atoms with Crippen molar-refractivity contribution in [2.75, 3.05) is 6.54 Å². The van der Waals surface area contributed by atoms with Crippen LogP contribution >= 0.6 is 27.5 Å². The molecule has 0 radical (unpaired) electrons.